The summed E-state index contributed by atoms with van der Waals surface area (Å²) < 4.78 is 11.0. The monoisotopic (exact) mass is 235 g/mol. The van der Waals surface area contributed by atoms with E-state index < -0.39 is 0 Å². The fourth-order valence-corrected chi connectivity index (χ4v) is 1.72. The molecule has 0 aromatic heterocycles. The van der Waals surface area contributed by atoms with Gasteiger partial charge in [-0.3, -0.25) is 0 Å². The van der Waals surface area contributed by atoms with Crippen molar-refractivity contribution in [2.45, 2.75) is 25.8 Å². The Bertz CT molecular complexity index is 333. The molecule has 0 bridgehead atoms. The minimum Gasteiger partial charge on any atom is -0.494 e. The first-order valence-electron chi connectivity index (χ1n) is 6.35. The molecule has 1 aliphatic rings. The quantitative estimate of drug-likeness (QED) is 0.789. The van der Waals surface area contributed by atoms with Crippen LogP contribution in [0.25, 0.3) is 0 Å². The van der Waals surface area contributed by atoms with E-state index in [4.69, 9.17) is 15.2 Å². The summed E-state index contributed by atoms with van der Waals surface area (Å²) in [5.74, 6) is 1.69. The van der Waals surface area contributed by atoms with Crippen molar-refractivity contribution in [3.05, 3.63) is 29.8 Å². The van der Waals surface area contributed by atoms with Crippen LogP contribution in [0.2, 0.25) is 0 Å². The van der Waals surface area contributed by atoms with E-state index in [1.54, 1.807) is 0 Å². The lowest BCUT2D eigenvalue weighted by Crippen LogP contribution is -2.17. The maximum atomic E-state index is 6.06. The van der Waals surface area contributed by atoms with Gasteiger partial charge in [0.05, 0.1) is 19.3 Å². The summed E-state index contributed by atoms with van der Waals surface area (Å²) in [6.07, 6.45) is 2.64. The first-order chi connectivity index (χ1) is 8.29. The summed E-state index contributed by atoms with van der Waals surface area (Å²) in [4.78, 5) is 0. The van der Waals surface area contributed by atoms with Gasteiger partial charge in [0.2, 0.25) is 0 Å². The number of nitrogens with two attached hydrogens (primary N) is 1. The van der Waals surface area contributed by atoms with Crippen molar-refractivity contribution in [3.8, 4) is 5.75 Å². The minimum absolute atomic E-state index is 0.0376. The van der Waals surface area contributed by atoms with Crippen LogP contribution in [-0.2, 0) is 4.74 Å². The third-order valence-corrected chi connectivity index (χ3v) is 2.97. The largest absolute Gasteiger partial charge is 0.494 e. The maximum absolute atomic E-state index is 6.06. The second-order valence-corrected chi connectivity index (χ2v) is 4.59. The Labute approximate surface area is 103 Å². The van der Waals surface area contributed by atoms with Gasteiger partial charge in [-0.1, -0.05) is 12.1 Å². The van der Waals surface area contributed by atoms with Crippen molar-refractivity contribution < 1.29 is 9.47 Å². The molecular weight excluding hydrogens is 214 g/mol. The molecule has 1 aromatic carbocycles. The van der Waals surface area contributed by atoms with E-state index in [0.717, 1.165) is 23.8 Å². The van der Waals surface area contributed by atoms with Gasteiger partial charge < -0.3 is 15.2 Å². The van der Waals surface area contributed by atoms with Gasteiger partial charge in [0.25, 0.3) is 0 Å². The Balaban J connectivity index is 1.78. The number of hydrogen-bond acceptors (Lipinski definition) is 3. The average molecular weight is 235 g/mol. The lowest BCUT2D eigenvalue weighted by molar-refractivity contribution is 0.112. The highest BCUT2D eigenvalue weighted by Gasteiger charge is 2.21. The lowest BCUT2D eigenvalue weighted by Gasteiger charge is -2.13. The summed E-state index contributed by atoms with van der Waals surface area (Å²) in [6, 6.07) is 7.90. The Kier molecular flexibility index (Phi) is 4.40. The molecule has 1 aromatic rings. The fraction of sp³-hybridized carbons (Fsp3) is 0.571. The van der Waals surface area contributed by atoms with Crippen LogP contribution in [0.3, 0.4) is 0 Å². The second-order valence-electron chi connectivity index (χ2n) is 4.59. The number of ether oxygens (including phenoxy) is 2. The van der Waals surface area contributed by atoms with Gasteiger partial charge in [0.15, 0.2) is 0 Å². The van der Waals surface area contributed by atoms with Crippen LogP contribution in [0, 0.1) is 5.92 Å². The fourth-order valence-electron chi connectivity index (χ4n) is 1.72. The average Bonchev–Trinajstić information content (AvgIpc) is 3.14. The van der Waals surface area contributed by atoms with E-state index in [2.05, 4.69) is 0 Å². The van der Waals surface area contributed by atoms with E-state index in [0.29, 0.717) is 13.2 Å². The highest BCUT2D eigenvalue weighted by atomic mass is 16.5. The highest BCUT2D eigenvalue weighted by Crippen LogP contribution is 2.29. The van der Waals surface area contributed by atoms with Gasteiger partial charge in [-0.2, -0.15) is 0 Å². The summed E-state index contributed by atoms with van der Waals surface area (Å²) in [6.45, 7) is 4.14. The molecule has 2 N–H and O–H groups in total. The van der Waals surface area contributed by atoms with Gasteiger partial charge in [-0.05, 0) is 43.4 Å². The van der Waals surface area contributed by atoms with Gasteiger partial charge >= 0.3 is 0 Å². The molecule has 17 heavy (non-hydrogen) atoms. The van der Waals surface area contributed by atoms with Crippen molar-refractivity contribution in [2.24, 2.45) is 11.7 Å². The predicted molar refractivity (Wildman–Crippen MR) is 68.1 cm³/mol. The molecular formula is C14H21NO2. The SMILES string of the molecule is CCOc1ccc(C(N)COCC2CC2)cc1. The zero-order valence-corrected chi connectivity index (χ0v) is 10.4. The molecule has 3 heteroatoms. The third-order valence-electron chi connectivity index (χ3n) is 2.97. The van der Waals surface area contributed by atoms with Crippen LogP contribution in [0.1, 0.15) is 31.4 Å². The van der Waals surface area contributed by atoms with Gasteiger partial charge in [0.1, 0.15) is 5.75 Å². The Morgan fingerprint density at radius 2 is 2.00 bits per heavy atom. The molecule has 0 saturated heterocycles. The molecule has 0 aliphatic heterocycles. The van der Waals surface area contributed by atoms with Crippen LogP contribution >= 0.6 is 0 Å². The Morgan fingerprint density at radius 3 is 2.59 bits per heavy atom. The molecule has 0 spiro atoms. The summed E-state index contributed by atoms with van der Waals surface area (Å²) in [5.41, 5.74) is 7.16. The zero-order valence-electron chi connectivity index (χ0n) is 10.4. The summed E-state index contributed by atoms with van der Waals surface area (Å²) >= 11 is 0. The van der Waals surface area contributed by atoms with Crippen LogP contribution in [0.15, 0.2) is 24.3 Å². The normalized spacial score (nSPS) is 16.8. The van der Waals surface area contributed by atoms with Crippen molar-refractivity contribution in [1.29, 1.82) is 0 Å². The summed E-state index contributed by atoms with van der Waals surface area (Å²) in [5, 5.41) is 0. The van der Waals surface area contributed by atoms with Crippen molar-refractivity contribution in [1.82, 2.24) is 0 Å². The zero-order chi connectivity index (χ0) is 12.1. The van der Waals surface area contributed by atoms with Gasteiger partial charge in [-0.15, -0.1) is 0 Å². The van der Waals surface area contributed by atoms with E-state index in [-0.39, 0.29) is 6.04 Å². The lowest BCUT2D eigenvalue weighted by atomic mass is 10.1. The van der Waals surface area contributed by atoms with Crippen LogP contribution < -0.4 is 10.5 Å². The van der Waals surface area contributed by atoms with E-state index in [9.17, 15) is 0 Å². The molecule has 3 nitrogen and oxygen atoms in total. The van der Waals surface area contributed by atoms with E-state index in [1.807, 2.05) is 31.2 Å². The molecule has 1 saturated carbocycles. The molecule has 0 amide bonds. The number of benzene rings is 1. The maximum Gasteiger partial charge on any atom is 0.119 e. The molecule has 1 unspecified atom stereocenters. The van der Waals surface area contributed by atoms with Crippen LogP contribution in [0.5, 0.6) is 5.75 Å². The van der Waals surface area contributed by atoms with Crippen molar-refractivity contribution in [2.75, 3.05) is 19.8 Å². The Morgan fingerprint density at radius 1 is 1.29 bits per heavy atom. The third kappa shape index (κ3) is 4.02. The topological polar surface area (TPSA) is 44.5 Å². The van der Waals surface area contributed by atoms with Crippen molar-refractivity contribution in [3.63, 3.8) is 0 Å². The van der Waals surface area contributed by atoms with Crippen LogP contribution in [-0.4, -0.2) is 19.8 Å². The molecule has 2 rings (SSSR count). The molecule has 1 fully saturated rings. The predicted octanol–water partition coefficient (Wildman–Crippen LogP) is 2.51. The minimum atomic E-state index is -0.0376. The molecule has 94 valence electrons. The molecule has 0 radical (unpaired) electrons. The van der Waals surface area contributed by atoms with Gasteiger partial charge in [-0.25, -0.2) is 0 Å². The first-order valence-corrected chi connectivity index (χ1v) is 6.35. The molecule has 1 aliphatic carbocycles. The number of rotatable bonds is 7. The first kappa shape index (κ1) is 12.4. The van der Waals surface area contributed by atoms with E-state index >= 15 is 0 Å². The highest BCUT2D eigenvalue weighted by molar-refractivity contribution is 5.29. The summed E-state index contributed by atoms with van der Waals surface area (Å²) in [7, 11) is 0. The molecule has 0 heterocycles. The second kappa shape index (κ2) is 6.03. The standard InChI is InChI=1S/C14H21NO2/c1-2-17-13-7-5-12(6-8-13)14(15)10-16-9-11-3-4-11/h5-8,11,14H,2-4,9-10,15H2,1H3. The van der Waals surface area contributed by atoms with Gasteiger partial charge in [0, 0.05) is 6.61 Å². The smallest absolute Gasteiger partial charge is 0.119 e. The Hall–Kier alpha value is -1.06. The van der Waals surface area contributed by atoms with Crippen LogP contribution in [0.4, 0.5) is 0 Å². The molecule has 1 atom stereocenters. The van der Waals surface area contributed by atoms with Crippen molar-refractivity contribution >= 4 is 0 Å². The van der Waals surface area contributed by atoms with E-state index in [1.165, 1.54) is 12.8 Å². The number of hydrogen-bond donors (Lipinski definition) is 1.